The molecular formula is C15H9BrO3. The summed E-state index contributed by atoms with van der Waals surface area (Å²) in [5.41, 5.74) is 1.08. The molecule has 94 valence electrons. The van der Waals surface area contributed by atoms with Crippen LogP contribution in [0.3, 0.4) is 0 Å². The van der Waals surface area contributed by atoms with E-state index in [1.165, 1.54) is 0 Å². The first-order valence-electron chi connectivity index (χ1n) is 5.67. The zero-order valence-electron chi connectivity index (χ0n) is 9.76. The van der Waals surface area contributed by atoms with Crippen LogP contribution >= 0.6 is 15.9 Å². The number of aromatic hydroxyl groups is 1. The normalized spacial score (nSPS) is 15.4. The monoisotopic (exact) mass is 316 g/mol. The van der Waals surface area contributed by atoms with Crippen LogP contribution in [0.25, 0.3) is 6.08 Å². The van der Waals surface area contributed by atoms with Crippen LogP contribution < -0.4 is 4.74 Å². The highest BCUT2D eigenvalue weighted by atomic mass is 79.9. The first-order valence-corrected chi connectivity index (χ1v) is 6.46. The first kappa shape index (κ1) is 12.0. The van der Waals surface area contributed by atoms with Gasteiger partial charge in [0, 0.05) is 10.0 Å². The zero-order valence-corrected chi connectivity index (χ0v) is 11.3. The summed E-state index contributed by atoms with van der Waals surface area (Å²) in [5, 5.41) is 9.77. The van der Waals surface area contributed by atoms with Crippen molar-refractivity contribution in [3.8, 4) is 11.5 Å². The fraction of sp³-hybridized carbons (Fsp3) is 0. The highest BCUT2D eigenvalue weighted by Gasteiger charge is 2.26. The van der Waals surface area contributed by atoms with Crippen molar-refractivity contribution in [3.63, 3.8) is 0 Å². The van der Waals surface area contributed by atoms with Crippen LogP contribution in [0.4, 0.5) is 0 Å². The number of fused-ring (bicyclic) bond motifs is 1. The minimum atomic E-state index is -0.171. The molecule has 0 aromatic heterocycles. The average Bonchev–Trinajstić information content (AvgIpc) is 2.72. The molecule has 1 heterocycles. The molecule has 1 aliphatic rings. The number of hydrogen-bond acceptors (Lipinski definition) is 3. The molecule has 0 aliphatic carbocycles. The van der Waals surface area contributed by atoms with Gasteiger partial charge in [0.1, 0.15) is 11.5 Å². The van der Waals surface area contributed by atoms with E-state index in [1.54, 1.807) is 42.5 Å². The number of phenols is 1. The summed E-state index contributed by atoms with van der Waals surface area (Å²) in [6.45, 7) is 0. The lowest BCUT2D eigenvalue weighted by Gasteiger charge is -2.01. The van der Waals surface area contributed by atoms with Gasteiger partial charge in [-0.1, -0.05) is 28.1 Å². The van der Waals surface area contributed by atoms with Crippen molar-refractivity contribution in [1.82, 2.24) is 0 Å². The van der Waals surface area contributed by atoms with Gasteiger partial charge in [0.2, 0.25) is 5.78 Å². The minimum absolute atomic E-state index is 0.100. The lowest BCUT2D eigenvalue weighted by Crippen LogP contribution is -1.98. The van der Waals surface area contributed by atoms with Gasteiger partial charge >= 0.3 is 0 Å². The van der Waals surface area contributed by atoms with E-state index >= 15 is 0 Å². The van der Waals surface area contributed by atoms with E-state index < -0.39 is 0 Å². The number of halogens is 1. The molecule has 2 aromatic carbocycles. The molecule has 0 bridgehead atoms. The molecule has 2 aromatic rings. The third-order valence-electron chi connectivity index (χ3n) is 2.85. The second kappa shape index (κ2) is 4.55. The number of Topliss-reactive ketones (excluding diaryl/α,β-unsaturated/α-hetero) is 1. The average molecular weight is 317 g/mol. The molecule has 0 amide bonds. The van der Waals surface area contributed by atoms with Crippen LogP contribution in [0, 0.1) is 0 Å². The molecule has 3 rings (SSSR count). The molecule has 0 fully saturated rings. The Balaban J connectivity index is 2.03. The predicted octanol–water partition coefficient (Wildman–Crippen LogP) is 3.77. The molecule has 0 saturated carbocycles. The lowest BCUT2D eigenvalue weighted by molar-refractivity contribution is 0.101. The Labute approximate surface area is 118 Å². The van der Waals surface area contributed by atoms with Gasteiger partial charge < -0.3 is 9.84 Å². The minimum Gasteiger partial charge on any atom is -0.507 e. The molecule has 0 spiro atoms. The Morgan fingerprint density at radius 2 is 1.95 bits per heavy atom. The number of carbonyl (C=O) groups excluding carboxylic acids is 1. The van der Waals surface area contributed by atoms with Crippen molar-refractivity contribution in [2.75, 3.05) is 0 Å². The molecule has 0 unspecified atom stereocenters. The third-order valence-corrected chi connectivity index (χ3v) is 3.34. The summed E-state index contributed by atoms with van der Waals surface area (Å²) in [7, 11) is 0. The highest BCUT2D eigenvalue weighted by Crippen LogP contribution is 2.33. The van der Waals surface area contributed by atoms with E-state index in [-0.39, 0.29) is 17.3 Å². The van der Waals surface area contributed by atoms with Crippen molar-refractivity contribution in [2.24, 2.45) is 0 Å². The topological polar surface area (TPSA) is 46.5 Å². The number of ketones is 1. The molecule has 0 saturated heterocycles. The Morgan fingerprint density at radius 3 is 2.74 bits per heavy atom. The van der Waals surface area contributed by atoms with E-state index in [4.69, 9.17) is 4.74 Å². The lowest BCUT2D eigenvalue weighted by atomic mass is 10.1. The molecule has 1 N–H and O–H groups in total. The summed E-state index contributed by atoms with van der Waals surface area (Å²) in [6, 6.07) is 12.1. The third kappa shape index (κ3) is 2.15. The summed E-state index contributed by atoms with van der Waals surface area (Å²) in [6.07, 6.45) is 1.54. The molecule has 19 heavy (non-hydrogen) atoms. The highest BCUT2D eigenvalue weighted by molar-refractivity contribution is 9.10. The maximum atomic E-state index is 12.1. The number of benzene rings is 2. The van der Waals surface area contributed by atoms with Gasteiger partial charge in [-0.15, -0.1) is 0 Å². The predicted molar refractivity (Wildman–Crippen MR) is 75.2 cm³/mol. The molecule has 0 atom stereocenters. The fourth-order valence-electron chi connectivity index (χ4n) is 1.92. The molecule has 0 radical (unpaired) electrons. The number of hydrogen-bond donors (Lipinski definition) is 1. The van der Waals surface area contributed by atoms with Crippen molar-refractivity contribution in [2.45, 2.75) is 0 Å². The van der Waals surface area contributed by atoms with Crippen molar-refractivity contribution < 1.29 is 14.6 Å². The maximum Gasteiger partial charge on any atom is 0.231 e. The van der Waals surface area contributed by atoms with Crippen LogP contribution in [0.2, 0.25) is 0 Å². The van der Waals surface area contributed by atoms with E-state index in [9.17, 15) is 9.90 Å². The fourth-order valence-corrected chi connectivity index (χ4v) is 2.30. The van der Waals surface area contributed by atoms with E-state index in [2.05, 4.69) is 15.9 Å². The van der Waals surface area contributed by atoms with Gasteiger partial charge in [-0.3, -0.25) is 4.79 Å². The van der Waals surface area contributed by atoms with Gasteiger partial charge in [0.25, 0.3) is 0 Å². The Kier molecular flexibility index (Phi) is 2.87. The van der Waals surface area contributed by atoms with Crippen molar-refractivity contribution >= 4 is 27.8 Å². The number of carbonyl (C=O) groups is 1. The van der Waals surface area contributed by atoms with Crippen LogP contribution in [-0.2, 0) is 0 Å². The Morgan fingerprint density at radius 1 is 1.16 bits per heavy atom. The number of rotatable bonds is 1. The first-order chi connectivity index (χ1) is 9.15. The molecule has 3 nitrogen and oxygen atoms in total. The second-order valence-electron chi connectivity index (χ2n) is 4.14. The number of ether oxygens (including phenoxy) is 1. The van der Waals surface area contributed by atoms with Crippen LogP contribution in [0.5, 0.6) is 11.5 Å². The number of para-hydroxylation sites is 1. The standard InChI is InChI=1S/C15H9BrO3/c16-10-5-6-12(17)9(7-10)8-14-15(18)11-3-1-2-4-13(11)19-14/h1-8,17H/b14-8-. The SMILES string of the molecule is O=C1/C(=C/c2cc(Br)ccc2O)Oc2ccccc21. The van der Waals surface area contributed by atoms with Crippen molar-refractivity contribution in [3.05, 3.63) is 63.8 Å². The molecule has 1 aliphatic heterocycles. The van der Waals surface area contributed by atoms with Crippen LogP contribution in [0.15, 0.2) is 52.7 Å². The van der Waals surface area contributed by atoms with Gasteiger partial charge in [0.15, 0.2) is 5.76 Å². The van der Waals surface area contributed by atoms with E-state index in [0.717, 1.165) is 4.47 Å². The van der Waals surface area contributed by atoms with Crippen LogP contribution in [0.1, 0.15) is 15.9 Å². The van der Waals surface area contributed by atoms with E-state index in [0.29, 0.717) is 16.9 Å². The van der Waals surface area contributed by atoms with Gasteiger partial charge in [-0.2, -0.15) is 0 Å². The smallest absolute Gasteiger partial charge is 0.231 e. The molecular weight excluding hydrogens is 308 g/mol. The van der Waals surface area contributed by atoms with E-state index in [1.807, 2.05) is 6.07 Å². The maximum absolute atomic E-state index is 12.1. The zero-order chi connectivity index (χ0) is 13.4. The number of allylic oxidation sites excluding steroid dienone is 1. The molecule has 4 heteroatoms. The Hall–Kier alpha value is -2.07. The van der Waals surface area contributed by atoms with Crippen LogP contribution in [-0.4, -0.2) is 10.9 Å². The van der Waals surface area contributed by atoms with Gasteiger partial charge in [0.05, 0.1) is 5.56 Å². The largest absolute Gasteiger partial charge is 0.507 e. The second-order valence-corrected chi connectivity index (χ2v) is 5.05. The Bertz CT molecular complexity index is 704. The number of phenolic OH excluding ortho intramolecular Hbond substituents is 1. The summed E-state index contributed by atoms with van der Waals surface area (Å²) >= 11 is 3.32. The summed E-state index contributed by atoms with van der Waals surface area (Å²) < 4.78 is 6.32. The van der Waals surface area contributed by atoms with Gasteiger partial charge in [-0.05, 0) is 36.4 Å². The quantitative estimate of drug-likeness (QED) is 0.815. The van der Waals surface area contributed by atoms with Gasteiger partial charge in [-0.25, -0.2) is 0 Å². The van der Waals surface area contributed by atoms with Crippen molar-refractivity contribution in [1.29, 1.82) is 0 Å². The summed E-state index contributed by atoms with van der Waals surface area (Å²) in [4.78, 5) is 12.1. The summed E-state index contributed by atoms with van der Waals surface area (Å²) in [5.74, 6) is 0.695.